The SMILES string of the molecule is Cc1ccc(S(=O)(=O)OC[C@@H]2C[C@@H](O)CN2C(=O)OCc2ccccc2)cc1. The second-order valence-electron chi connectivity index (χ2n) is 6.79. The number of nitrogens with zero attached hydrogens (tertiary/aromatic N) is 1. The first kappa shape index (κ1) is 20.3. The third kappa shape index (κ3) is 5.09. The van der Waals surface area contributed by atoms with E-state index in [2.05, 4.69) is 0 Å². The van der Waals surface area contributed by atoms with E-state index in [0.29, 0.717) is 0 Å². The molecular formula is C20H23NO6S. The van der Waals surface area contributed by atoms with E-state index >= 15 is 0 Å². The monoisotopic (exact) mass is 405 g/mol. The van der Waals surface area contributed by atoms with Crippen LogP contribution in [-0.2, 0) is 25.6 Å². The molecule has 1 amide bonds. The Morgan fingerprint density at radius 3 is 2.50 bits per heavy atom. The Hall–Kier alpha value is -2.42. The summed E-state index contributed by atoms with van der Waals surface area (Å²) in [7, 11) is -3.95. The van der Waals surface area contributed by atoms with Gasteiger partial charge in [0.1, 0.15) is 6.61 Å². The molecule has 0 aromatic heterocycles. The van der Waals surface area contributed by atoms with Crippen molar-refractivity contribution >= 4 is 16.2 Å². The van der Waals surface area contributed by atoms with Crippen molar-refractivity contribution in [3.63, 3.8) is 0 Å². The van der Waals surface area contributed by atoms with E-state index in [4.69, 9.17) is 8.92 Å². The van der Waals surface area contributed by atoms with Gasteiger partial charge >= 0.3 is 6.09 Å². The fourth-order valence-corrected chi connectivity index (χ4v) is 3.96. The third-order valence-corrected chi connectivity index (χ3v) is 5.85. The van der Waals surface area contributed by atoms with Crippen molar-refractivity contribution in [3.8, 4) is 0 Å². The Kier molecular flexibility index (Phi) is 6.33. The Morgan fingerprint density at radius 1 is 1.14 bits per heavy atom. The molecule has 1 saturated heterocycles. The number of aliphatic hydroxyl groups excluding tert-OH is 1. The van der Waals surface area contributed by atoms with Crippen LogP contribution in [0.25, 0.3) is 0 Å². The molecule has 0 aliphatic carbocycles. The van der Waals surface area contributed by atoms with Crippen LogP contribution in [0.3, 0.4) is 0 Å². The van der Waals surface area contributed by atoms with Gasteiger partial charge in [0.05, 0.1) is 30.2 Å². The molecule has 0 bridgehead atoms. The predicted octanol–water partition coefficient (Wildman–Crippen LogP) is 2.47. The zero-order chi connectivity index (χ0) is 20.1. The number of aryl methyl sites for hydroxylation is 1. The van der Waals surface area contributed by atoms with Gasteiger partial charge in [-0.2, -0.15) is 8.42 Å². The van der Waals surface area contributed by atoms with Gasteiger partial charge in [-0.15, -0.1) is 0 Å². The quantitative estimate of drug-likeness (QED) is 0.742. The molecule has 150 valence electrons. The first-order valence-corrected chi connectivity index (χ1v) is 10.4. The van der Waals surface area contributed by atoms with Gasteiger partial charge in [0.25, 0.3) is 10.1 Å². The minimum Gasteiger partial charge on any atom is -0.445 e. The molecule has 3 rings (SSSR count). The number of aliphatic hydroxyl groups is 1. The summed E-state index contributed by atoms with van der Waals surface area (Å²) in [6, 6.07) is 14.9. The van der Waals surface area contributed by atoms with Gasteiger partial charge in [0.15, 0.2) is 0 Å². The van der Waals surface area contributed by atoms with Crippen LogP contribution in [0.2, 0.25) is 0 Å². The molecule has 8 heteroatoms. The lowest BCUT2D eigenvalue weighted by atomic mass is 10.2. The molecule has 0 radical (unpaired) electrons. The summed E-state index contributed by atoms with van der Waals surface area (Å²) in [5.74, 6) is 0. The molecule has 2 aromatic carbocycles. The second kappa shape index (κ2) is 8.72. The maximum absolute atomic E-state index is 12.4. The first-order chi connectivity index (χ1) is 13.3. The van der Waals surface area contributed by atoms with Crippen molar-refractivity contribution in [1.82, 2.24) is 4.90 Å². The van der Waals surface area contributed by atoms with Crippen LogP contribution in [0, 0.1) is 6.92 Å². The minimum atomic E-state index is -3.95. The molecule has 2 atom stereocenters. The van der Waals surface area contributed by atoms with Crippen LogP contribution in [0.4, 0.5) is 4.79 Å². The molecule has 0 spiro atoms. The number of hydrogen-bond acceptors (Lipinski definition) is 6. The maximum atomic E-state index is 12.4. The Balaban J connectivity index is 1.60. The maximum Gasteiger partial charge on any atom is 0.410 e. The van der Waals surface area contributed by atoms with E-state index in [0.717, 1.165) is 11.1 Å². The van der Waals surface area contributed by atoms with Crippen LogP contribution >= 0.6 is 0 Å². The van der Waals surface area contributed by atoms with Gasteiger partial charge in [0.2, 0.25) is 0 Å². The minimum absolute atomic E-state index is 0.0508. The lowest BCUT2D eigenvalue weighted by Gasteiger charge is -2.23. The number of carbonyl (C=O) groups excluding carboxylic acids is 1. The van der Waals surface area contributed by atoms with Crippen molar-refractivity contribution in [1.29, 1.82) is 0 Å². The summed E-state index contributed by atoms with van der Waals surface area (Å²) < 4.78 is 35.1. The Labute approximate surface area is 164 Å². The predicted molar refractivity (Wildman–Crippen MR) is 102 cm³/mol. The van der Waals surface area contributed by atoms with Crippen molar-refractivity contribution in [3.05, 3.63) is 65.7 Å². The van der Waals surface area contributed by atoms with Gasteiger partial charge in [-0.3, -0.25) is 4.18 Å². The van der Waals surface area contributed by atoms with E-state index < -0.39 is 28.4 Å². The van der Waals surface area contributed by atoms with Crippen molar-refractivity contribution < 1.29 is 27.2 Å². The van der Waals surface area contributed by atoms with Crippen molar-refractivity contribution in [2.45, 2.75) is 37.0 Å². The van der Waals surface area contributed by atoms with Gasteiger partial charge in [0, 0.05) is 0 Å². The van der Waals surface area contributed by atoms with E-state index in [-0.39, 0.29) is 31.1 Å². The number of hydrogen-bond donors (Lipinski definition) is 1. The Bertz CT molecular complexity index is 898. The summed E-state index contributed by atoms with van der Waals surface area (Å²) in [4.78, 5) is 13.8. The molecule has 7 nitrogen and oxygen atoms in total. The number of β-amino-alcohol motifs (C(OH)–C–C–N with tert-alkyl or cyclic N) is 1. The topological polar surface area (TPSA) is 93.1 Å². The molecule has 1 N–H and O–H groups in total. The van der Waals surface area contributed by atoms with Gasteiger partial charge < -0.3 is 14.7 Å². The molecule has 1 heterocycles. The highest BCUT2D eigenvalue weighted by Crippen LogP contribution is 2.22. The smallest absolute Gasteiger partial charge is 0.410 e. The highest BCUT2D eigenvalue weighted by atomic mass is 32.2. The molecule has 2 aromatic rings. The fraction of sp³-hybridized carbons (Fsp3) is 0.350. The lowest BCUT2D eigenvalue weighted by molar-refractivity contribution is 0.0801. The number of ether oxygens (including phenoxy) is 1. The summed E-state index contributed by atoms with van der Waals surface area (Å²) in [6.07, 6.45) is -1.13. The molecule has 28 heavy (non-hydrogen) atoms. The van der Waals surface area contributed by atoms with E-state index in [1.165, 1.54) is 17.0 Å². The van der Waals surface area contributed by atoms with E-state index in [9.17, 15) is 18.3 Å². The average Bonchev–Trinajstić information content (AvgIpc) is 3.06. The Morgan fingerprint density at radius 2 is 1.82 bits per heavy atom. The van der Waals surface area contributed by atoms with E-state index in [1.807, 2.05) is 37.3 Å². The van der Waals surface area contributed by atoms with Crippen molar-refractivity contribution in [2.24, 2.45) is 0 Å². The standard InChI is InChI=1S/C20H23NO6S/c1-15-7-9-19(10-8-15)28(24,25)27-14-17-11-18(22)12-21(17)20(23)26-13-16-5-3-2-4-6-16/h2-10,17-18,22H,11-14H2,1H3/t17-,18+/m0/s1. The summed E-state index contributed by atoms with van der Waals surface area (Å²) >= 11 is 0. The fourth-order valence-electron chi connectivity index (χ4n) is 3.02. The normalized spacial score (nSPS) is 19.6. The second-order valence-corrected chi connectivity index (χ2v) is 8.40. The first-order valence-electron chi connectivity index (χ1n) is 8.96. The van der Waals surface area contributed by atoms with Crippen LogP contribution < -0.4 is 0 Å². The average molecular weight is 405 g/mol. The molecular weight excluding hydrogens is 382 g/mol. The van der Waals surface area contributed by atoms with Crippen molar-refractivity contribution in [2.75, 3.05) is 13.2 Å². The number of amides is 1. The number of likely N-dealkylation sites (tertiary alicyclic amines) is 1. The van der Waals surface area contributed by atoms with Gasteiger partial charge in [-0.25, -0.2) is 4.79 Å². The zero-order valence-corrected chi connectivity index (χ0v) is 16.3. The van der Waals surface area contributed by atoms with E-state index in [1.54, 1.807) is 12.1 Å². The highest BCUT2D eigenvalue weighted by Gasteiger charge is 2.36. The summed E-state index contributed by atoms with van der Waals surface area (Å²) in [5, 5.41) is 9.93. The van der Waals surface area contributed by atoms with Crippen LogP contribution in [0.15, 0.2) is 59.5 Å². The number of carbonyl (C=O) groups is 1. The largest absolute Gasteiger partial charge is 0.445 e. The van der Waals surface area contributed by atoms with Crippen LogP contribution in [0.5, 0.6) is 0 Å². The van der Waals surface area contributed by atoms with Gasteiger partial charge in [-0.1, -0.05) is 48.0 Å². The molecule has 1 fully saturated rings. The summed E-state index contributed by atoms with van der Waals surface area (Å²) in [5.41, 5.74) is 1.77. The number of rotatable bonds is 6. The van der Waals surface area contributed by atoms with Crippen LogP contribution in [-0.4, -0.2) is 49.8 Å². The summed E-state index contributed by atoms with van der Waals surface area (Å²) in [6.45, 7) is 1.79. The third-order valence-electron chi connectivity index (χ3n) is 4.56. The van der Waals surface area contributed by atoms with Gasteiger partial charge in [-0.05, 0) is 31.0 Å². The lowest BCUT2D eigenvalue weighted by Crippen LogP contribution is -2.39. The molecule has 1 aliphatic rings. The number of benzene rings is 2. The molecule has 0 saturated carbocycles. The zero-order valence-electron chi connectivity index (χ0n) is 15.5. The van der Waals surface area contributed by atoms with Crippen LogP contribution in [0.1, 0.15) is 17.5 Å². The highest BCUT2D eigenvalue weighted by molar-refractivity contribution is 7.86. The molecule has 0 unspecified atom stereocenters. The molecule has 1 aliphatic heterocycles.